The summed E-state index contributed by atoms with van der Waals surface area (Å²) in [5.41, 5.74) is 1.02. The molecule has 0 amide bonds. The molecule has 0 radical (unpaired) electrons. The average molecular weight is 249 g/mol. The number of anilines is 1. The number of hydrogen-bond acceptors (Lipinski definition) is 5. The number of fused-ring (bicyclic) bond motifs is 1. The second kappa shape index (κ2) is 6.32. The average Bonchev–Trinajstić information content (AvgIpc) is 2.86. The van der Waals surface area contributed by atoms with Crippen LogP contribution in [0.25, 0.3) is 5.52 Å². The topological polar surface area (TPSA) is 54.7 Å². The van der Waals surface area contributed by atoms with Gasteiger partial charge in [-0.2, -0.15) is 5.10 Å². The highest BCUT2D eigenvalue weighted by molar-refractivity contribution is 5.67. The van der Waals surface area contributed by atoms with Gasteiger partial charge >= 0.3 is 0 Å². The highest BCUT2D eigenvalue weighted by atomic mass is 16.5. The van der Waals surface area contributed by atoms with E-state index in [2.05, 4.69) is 20.3 Å². The molecule has 0 saturated carbocycles. The van der Waals surface area contributed by atoms with Crippen molar-refractivity contribution in [3.8, 4) is 0 Å². The molecule has 2 aromatic rings. The zero-order chi connectivity index (χ0) is 12.8. The van der Waals surface area contributed by atoms with Crippen molar-refractivity contribution < 1.29 is 4.74 Å². The van der Waals surface area contributed by atoms with Gasteiger partial charge in [0.2, 0.25) is 0 Å². The quantitative estimate of drug-likeness (QED) is 0.720. The van der Waals surface area contributed by atoms with Gasteiger partial charge in [-0.25, -0.2) is 9.50 Å². The van der Waals surface area contributed by atoms with E-state index < -0.39 is 0 Å². The predicted octanol–water partition coefficient (Wildman–Crippen LogP) is 0.402. The number of likely N-dealkylation sites (N-methyl/N-ethyl adjacent to an activating group) is 1. The first-order valence-electron chi connectivity index (χ1n) is 6.02. The summed E-state index contributed by atoms with van der Waals surface area (Å²) in [6.45, 7) is 3.40. The first-order chi connectivity index (χ1) is 8.83. The number of methoxy groups -OCH3 is 1. The highest BCUT2D eigenvalue weighted by Gasteiger charge is 2.07. The van der Waals surface area contributed by atoms with Gasteiger partial charge in [-0.1, -0.05) is 0 Å². The molecule has 1 N–H and O–H groups in total. The maximum atomic E-state index is 4.98. The lowest BCUT2D eigenvalue weighted by atomic mass is 10.4. The van der Waals surface area contributed by atoms with Crippen LogP contribution < -0.4 is 10.2 Å². The maximum Gasteiger partial charge on any atom is 0.154 e. The van der Waals surface area contributed by atoms with Crippen molar-refractivity contribution in [3.63, 3.8) is 0 Å². The van der Waals surface area contributed by atoms with Crippen LogP contribution in [-0.2, 0) is 4.74 Å². The molecule has 0 atom stereocenters. The number of hydrogen-bond donors (Lipinski definition) is 1. The van der Waals surface area contributed by atoms with Crippen LogP contribution in [0.15, 0.2) is 24.7 Å². The van der Waals surface area contributed by atoms with Gasteiger partial charge in [0.25, 0.3) is 0 Å². The van der Waals surface area contributed by atoms with Gasteiger partial charge in [-0.3, -0.25) is 0 Å². The lowest BCUT2D eigenvalue weighted by Crippen LogP contribution is -2.31. The van der Waals surface area contributed by atoms with Crippen molar-refractivity contribution in [1.29, 1.82) is 0 Å². The van der Waals surface area contributed by atoms with Crippen LogP contribution in [0.5, 0.6) is 0 Å². The monoisotopic (exact) mass is 249 g/mol. The number of nitrogens with zero attached hydrogens (tertiary/aromatic N) is 4. The molecule has 0 spiro atoms. The largest absolute Gasteiger partial charge is 0.383 e. The summed E-state index contributed by atoms with van der Waals surface area (Å²) in [6, 6.07) is 1.97. The predicted molar refractivity (Wildman–Crippen MR) is 71.0 cm³/mol. The van der Waals surface area contributed by atoms with Crippen LogP contribution in [0.2, 0.25) is 0 Å². The second-order valence-electron chi connectivity index (χ2n) is 4.08. The molecule has 0 aliphatic heterocycles. The van der Waals surface area contributed by atoms with Crippen molar-refractivity contribution in [1.82, 2.24) is 19.9 Å². The normalized spacial score (nSPS) is 11.0. The van der Waals surface area contributed by atoms with Crippen molar-refractivity contribution >= 4 is 11.3 Å². The standard InChI is InChI=1S/C12H19N5O/c1-16(8-5-13-7-10-18-2)12-11-3-4-15-17(11)9-6-14-12/h3-4,6,9,13H,5,7-8,10H2,1-2H3. The van der Waals surface area contributed by atoms with E-state index in [1.165, 1.54) is 0 Å². The lowest BCUT2D eigenvalue weighted by molar-refractivity contribution is 0.200. The summed E-state index contributed by atoms with van der Waals surface area (Å²) in [7, 11) is 3.74. The Balaban J connectivity index is 1.92. The molecule has 0 bridgehead atoms. The molecule has 2 aromatic heterocycles. The highest BCUT2D eigenvalue weighted by Crippen LogP contribution is 2.15. The van der Waals surface area contributed by atoms with Gasteiger partial charge in [0.15, 0.2) is 5.82 Å². The van der Waals surface area contributed by atoms with Crippen LogP contribution in [0.3, 0.4) is 0 Å². The number of aromatic nitrogens is 3. The van der Waals surface area contributed by atoms with Gasteiger partial charge in [0.1, 0.15) is 5.52 Å². The van der Waals surface area contributed by atoms with E-state index in [0.717, 1.165) is 37.6 Å². The first kappa shape index (κ1) is 12.8. The van der Waals surface area contributed by atoms with Gasteiger partial charge in [0, 0.05) is 46.2 Å². The first-order valence-corrected chi connectivity index (χ1v) is 6.02. The Hall–Kier alpha value is -1.66. The Morgan fingerprint density at radius 3 is 3.11 bits per heavy atom. The Morgan fingerprint density at radius 2 is 2.28 bits per heavy atom. The molecular formula is C12H19N5O. The van der Waals surface area contributed by atoms with Gasteiger partial charge in [-0.05, 0) is 6.07 Å². The second-order valence-corrected chi connectivity index (χ2v) is 4.08. The molecule has 6 heteroatoms. The van der Waals surface area contributed by atoms with Gasteiger partial charge in [0.05, 0.1) is 12.8 Å². The number of ether oxygens (including phenoxy) is 1. The third-order valence-electron chi connectivity index (χ3n) is 2.77. The Bertz CT molecular complexity index is 484. The van der Waals surface area contributed by atoms with Crippen LogP contribution in [-0.4, -0.2) is 55.0 Å². The van der Waals surface area contributed by atoms with Gasteiger partial charge in [-0.15, -0.1) is 0 Å². The van der Waals surface area contributed by atoms with Crippen LogP contribution in [0.4, 0.5) is 5.82 Å². The summed E-state index contributed by atoms with van der Waals surface area (Å²) >= 11 is 0. The molecule has 18 heavy (non-hydrogen) atoms. The number of nitrogens with one attached hydrogen (secondary N) is 1. The summed E-state index contributed by atoms with van der Waals surface area (Å²) in [5.74, 6) is 0.948. The molecule has 0 saturated heterocycles. The van der Waals surface area contributed by atoms with E-state index >= 15 is 0 Å². The van der Waals surface area contributed by atoms with Crippen molar-refractivity contribution in [3.05, 3.63) is 24.7 Å². The molecule has 2 heterocycles. The van der Waals surface area contributed by atoms with Crippen molar-refractivity contribution in [2.75, 3.05) is 45.3 Å². The van der Waals surface area contributed by atoms with E-state index in [0.29, 0.717) is 0 Å². The van der Waals surface area contributed by atoms with E-state index in [1.807, 2.05) is 23.8 Å². The van der Waals surface area contributed by atoms with E-state index in [4.69, 9.17) is 4.74 Å². The molecule has 2 rings (SSSR count). The van der Waals surface area contributed by atoms with E-state index in [9.17, 15) is 0 Å². The fourth-order valence-electron chi connectivity index (χ4n) is 1.79. The maximum absolute atomic E-state index is 4.98. The van der Waals surface area contributed by atoms with Crippen molar-refractivity contribution in [2.24, 2.45) is 0 Å². The molecule has 0 fully saturated rings. The summed E-state index contributed by atoms with van der Waals surface area (Å²) < 4.78 is 6.81. The fourth-order valence-corrected chi connectivity index (χ4v) is 1.79. The lowest BCUT2D eigenvalue weighted by Gasteiger charge is -2.19. The summed E-state index contributed by atoms with van der Waals surface area (Å²) in [5, 5.41) is 7.51. The van der Waals surface area contributed by atoms with Crippen LogP contribution >= 0.6 is 0 Å². The van der Waals surface area contributed by atoms with Crippen molar-refractivity contribution in [2.45, 2.75) is 0 Å². The Morgan fingerprint density at radius 1 is 1.39 bits per heavy atom. The Labute approximate surface area is 107 Å². The zero-order valence-corrected chi connectivity index (χ0v) is 10.8. The molecule has 6 nitrogen and oxygen atoms in total. The molecule has 98 valence electrons. The third kappa shape index (κ3) is 2.96. The SMILES string of the molecule is COCCNCCN(C)c1nccn2nccc12. The molecule has 0 aliphatic rings. The number of rotatable bonds is 7. The summed E-state index contributed by atoms with van der Waals surface area (Å²) in [6.07, 6.45) is 5.40. The fraction of sp³-hybridized carbons (Fsp3) is 0.500. The molecule has 0 unspecified atom stereocenters. The minimum atomic E-state index is 0.736. The molecule has 0 aromatic carbocycles. The molecule has 0 aliphatic carbocycles. The van der Waals surface area contributed by atoms with Crippen LogP contribution in [0, 0.1) is 0 Å². The zero-order valence-electron chi connectivity index (χ0n) is 10.8. The smallest absolute Gasteiger partial charge is 0.154 e. The van der Waals surface area contributed by atoms with Crippen LogP contribution in [0.1, 0.15) is 0 Å². The van der Waals surface area contributed by atoms with E-state index in [-0.39, 0.29) is 0 Å². The van der Waals surface area contributed by atoms with Gasteiger partial charge < -0.3 is 15.0 Å². The Kier molecular flexibility index (Phi) is 4.49. The van der Waals surface area contributed by atoms with E-state index in [1.54, 1.807) is 19.5 Å². The third-order valence-corrected chi connectivity index (χ3v) is 2.77. The minimum absolute atomic E-state index is 0.736. The summed E-state index contributed by atoms with van der Waals surface area (Å²) in [4.78, 5) is 6.53. The molecular weight excluding hydrogens is 230 g/mol. The minimum Gasteiger partial charge on any atom is -0.383 e.